The van der Waals surface area contributed by atoms with Gasteiger partial charge in [-0.2, -0.15) is 0 Å². The molecule has 0 fully saturated rings. The second-order valence-corrected chi connectivity index (χ2v) is 4.97. The van der Waals surface area contributed by atoms with E-state index < -0.39 is 5.82 Å². The molecule has 7 heteroatoms. The van der Waals surface area contributed by atoms with E-state index in [1.807, 2.05) is 0 Å². The number of ether oxygens (including phenoxy) is 1. The Kier molecular flexibility index (Phi) is 4.88. The van der Waals surface area contributed by atoms with Gasteiger partial charge in [0.05, 0.1) is 10.6 Å². The fourth-order valence-corrected chi connectivity index (χ4v) is 2.14. The summed E-state index contributed by atoms with van der Waals surface area (Å²) in [6.45, 7) is -0.0466. The number of nitrogens with two attached hydrogens (primary N) is 1. The fourth-order valence-electron chi connectivity index (χ4n) is 1.72. The number of hydrogen-bond acceptors (Lipinski definition) is 3. The summed E-state index contributed by atoms with van der Waals surface area (Å²) in [7, 11) is 0. The highest BCUT2D eigenvalue weighted by atomic mass is 35.5. The van der Waals surface area contributed by atoms with E-state index in [2.05, 4.69) is 5.16 Å². The Morgan fingerprint density at radius 2 is 2.05 bits per heavy atom. The zero-order chi connectivity index (χ0) is 15.4. The first-order chi connectivity index (χ1) is 10.0. The largest absolute Gasteiger partial charge is 0.488 e. The van der Waals surface area contributed by atoms with E-state index in [-0.39, 0.29) is 28.8 Å². The lowest BCUT2D eigenvalue weighted by atomic mass is 10.2. The van der Waals surface area contributed by atoms with Crippen LogP contribution >= 0.6 is 23.2 Å². The molecule has 0 atom stereocenters. The van der Waals surface area contributed by atoms with E-state index in [4.69, 9.17) is 38.9 Å². The Bertz CT molecular complexity index is 693. The number of hydrogen-bond donors (Lipinski definition) is 2. The molecular weight excluding hydrogens is 318 g/mol. The molecule has 2 rings (SSSR count). The molecule has 21 heavy (non-hydrogen) atoms. The van der Waals surface area contributed by atoms with Gasteiger partial charge in [-0.05, 0) is 24.3 Å². The zero-order valence-electron chi connectivity index (χ0n) is 10.7. The minimum absolute atomic E-state index is 0.0466. The lowest BCUT2D eigenvalue weighted by Crippen LogP contribution is -2.15. The van der Waals surface area contributed by atoms with Gasteiger partial charge >= 0.3 is 0 Å². The molecule has 0 amide bonds. The third kappa shape index (κ3) is 3.56. The molecule has 0 heterocycles. The molecule has 0 unspecified atom stereocenters. The van der Waals surface area contributed by atoms with Gasteiger partial charge in [-0.15, -0.1) is 0 Å². The third-order valence-electron chi connectivity index (χ3n) is 2.74. The van der Waals surface area contributed by atoms with Crippen molar-refractivity contribution < 1.29 is 14.3 Å². The van der Waals surface area contributed by atoms with E-state index in [1.165, 1.54) is 12.1 Å². The Morgan fingerprint density at radius 1 is 1.29 bits per heavy atom. The van der Waals surface area contributed by atoms with Crippen molar-refractivity contribution in [2.45, 2.75) is 6.61 Å². The SMILES string of the molecule is N/C(=N/O)c1c(Cl)cccc1OCc1ccc(Cl)cc1F. The summed E-state index contributed by atoms with van der Waals surface area (Å²) in [5, 5.41) is 12.2. The molecule has 0 saturated carbocycles. The standard InChI is InChI=1S/C14H11Cl2FN2O2/c15-9-5-4-8(11(17)6-9)7-21-12-3-1-2-10(16)13(12)14(18)19-20/h1-6,20H,7H2,(H2,18,19). The minimum Gasteiger partial charge on any atom is -0.488 e. The number of nitrogens with zero attached hydrogens (tertiary/aromatic N) is 1. The Labute approximate surface area is 130 Å². The van der Waals surface area contributed by atoms with Crippen molar-refractivity contribution in [3.63, 3.8) is 0 Å². The lowest BCUT2D eigenvalue weighted by Gasteiger charge is -2.12. The quantitative estimate of drug-likeness (QED) is 0.388. The predicted octanol–water partition coefficient (Wildman–Crippen LogP) is 3.81. The number of benzene rings is 2. The summed E-state index contributed by atoms with van der Waals surface area (Å²) in [5.41, 5.74) is 6.13. The second-order valence-electron chi connectivity index (χ2n) is 4.12. The van der Waals surface area contributed by atoms with Gasteiger partial charge in [0.1, 0.15) is 18.2 Å². The van der Waals surface area contributed by atoms with Crippen LogP contribution in [0.3, 0.4) is 0 Å². The van der Waals surface area contributed by atoms with Crippen LogP contribution in [-0.2, 0) is 6.61 Å². The van der Waals surface area contributed by atoms with Crippen molar-refractivity contribution in [3.05, 3.63) is 63.4 Å². The van der Waals surface area contributed by atoms with Crippen molar-refractivity contribution in [1.29, 1.82) is 0 Å². The van der Waals surface area contributed by atoms with Crippen LogP contribution in [0.25, 0.3) is 0 Å². The summed E-state index contributed by atoms with van der Waals surface area (Å²) in [4.78, 5) is 0. The Morgan fingerprint density at radius 3 is 2.71 bits per heavy atom. The van der Waals surface area contributed by atoms with Crippen LogP contribution in [0.1, 0.15) is 11.1 Å². The van der Waals surface area contributed by atoms with Crippen LogP contribution in [0.15, 0.2) is 41.6 Å². The summed E-state index contributed by atoms with van der Waals surface area (Å²) in [6, 6.07) is 9.08. The van der Waals surface area contributed by atoms with Gasteiger partial charge in [-0.1, -0.05) is 40.5 Å². The highest BCUT2D eigenvalue weighted by Gasteiger charge is 2.13. The summed E-state index contributed by atoms with van der Waals surface area (Å²) >= 11 is 11.7. The van der Waals surface area contributed by atoms with Crippen molar-refractivity contribution in [1.82, 2.24) is 0 Å². The molecule has 0 saturated heterocycles. The fraction of sp³-hybridized carbons (Fsp3) is 0.0714. The summed E-state index contributed by atoms with van der Waals surface area (Å²) in [6.07, 6.45) is 0. The molecule has 0 aliphatic rings. The molecular formula is C14H11Cl2FN2O2. The van der Waals surface area contributed by atoms with Gasteiger partial charge in [0.25, 0.3) is 0 Å². The Balaban J connectivity index is 2.26. The second kappa shape index (κ2) is 6.65. The maximum absolute atomic E-state index is 13.7. The van der Waals surface area contributed by atoms with Crippen molar-refractivity contribution in [2.75, 3.05) is 0 Å². The van der Waals surface area contributed by atoms with Crippen LogP contribution in [-0.4, -0.2) is 11.0 Å². The highest BCUT2D eigenvalue weighted by molar-refractivity contribution is 6.34. The third-order valence-corrected chi connectivity index (χ3v) is 3.29. The van der Waals surface area contributed by atoms with Crippen LogP contribution in [0.2, 0.25) is 10.0 Å². The van der Waals surface area contributed by atoms with Gasteiger partial charge in [-0.25, -0.2) is 4.39 Å². The number of oxime groups is 1. The Hall–Kier alpha value is -1.98. The van der Waals surface area contributed by atoms with Gasteiger partial charge < -0.3 is 15.7 Å². The van der Waals surface area contributed by atoms with E-state index >= 15 is 0 Å². The van der Waals surface area contributed by atoms with Crippen LogP contribution in [0.5, 0.6) is 5.75 Å². The number of rotatable bonds is 4. The van der Waals surface area contributed by atoms with Gasteiger partial charge in [0.2, 0.25) is 0 Å². The lowest BCUT2D eigenvalue weighted by molar-refractivity contribution is 0.297. The number of halogens is 3. The summed E-state index contributed by atoms with van der Waals surface area (Å²) in [5.74, 6) is -0.380. The average Bonchev–Trinajstić information content (AvgIpc) is 2.45. The molecule has 0 aliphatic heterocycles. The van der Waals surface area contributed by atoms with Crippen molar-refractivity contribution in [2.24, 2.45) is 10.9 Å². The first-order valence-corrected chi connectivity index (χ1v) is 6.61. The van der Waals surface area contributed by atoms with Gasteiger partial charge in [0, 0.05) is 10.6 Å². The topological polar surface area (TPSA) is 67.8 Å². The molecule has 110 valence electrons. The van der Waals surface area contributed by atoms with Gasteiger partial charge in [-0.3, -0.25) is 0 Å². The molecule has 4 nitrogen and oxygen atoms in total. The van der Waals surface area contributed by atoms with Crippen molar-refractivity contribution >= 4 is 29.0 Å². The average molecular weight is 329 g/mol. The van der Waals surface area contributed by atoms with E-state index in [0.717, 1.165) is 0 Å². The molecule has 0 aromatic heterocycles. The predicted molar refractivity (Wildman–Crippen MR) is 79.7 cm³/mol. The molecule has 2 aromatic carbocycles. The van der Waals surface area contributed by atoms with Crippen LogP contribution in [0, 0.1) is 5.82 Å². The minimum atomic E-state index is -0.477. The summed E-state index contributed by atoms with van der Waals surface area (Å²) < 4.78 is 19.2. The first kappa shape index (κ1) is 15.4. The van der Waals surface area contributed by atoms with E-state index in [1.54, 1.807) is 24.3 Å². The maximum atomic E-state index is 13.7. The molecule has 0 bridgehead atoms. The smallest absolute Gasteiger partial charge is 0.175 e. The molecule has 3 N–H and O–H groups in total. The van der Waals surface area contributed by atoms with Gasteiger partial charge in [0.15, 0.2) is 5.84 Å². The molecule has 2 aromatic rings. The molecule has 0 radical (unpaired) electrons. The highest BCUT2D eigenvalue weighted by Crippen LogP contribution is 2.27. The normalized spacial score (nSPS) is 11.5. The van der Waals surface area contributed by atoms with Crippen LogP contribution in [0.4, 0.5) is 4.39 Å². The molecule has 0 spiro atoms. The maximum Gasteiger partial charge on any atom is 0.175 e. The first-order valence-electron chi connectivity index (χ1n) is 5.86. The van der Waals surface area contributed by atoms with Crippen molar-refractivity contribution in [3.8, 4) is 5.75 Å². The van der Waals surface area contributed by atoms with E-state index in [0.29, 0.717) is 10.6 Å². The monoisotopic (exact) mass is 328 g/mol. The van der Waals surface area contributed by atoms with E-state index in [9.17, 15) is 4.39 Å². The zero-order valence-corrected chi connectivity index (χ0v) is 12.2. The van der Waals surface area contributed by atoms with Crippen LogP contribution < -0.4 is 10.5 Å². The number of amidine groups is 1. The molecule has 0 aliphatic carbocycles.